The third-order valence-electron chi connectivity index (χ3n) is 4.84. The molecule has 3 heterocycles. The number of benzene rings is 1. The second-order valence-electron chi connectivity index (χ2n) is 6.67. The van der Waals surface area contributed by atoms with Crippen molar-refractivity contribution in [2.24, 2.45) is 5.92 Å². The summed E-state index contributed by atoms with van der Waals surface area (Å²) in [5.41, 5.74) is 14.2. The summed E-state index contributed by atoms with van der Waals surface area (Å²) in [7, 11) is 0. The third-order valence-corrected chi connectivity index (χ3v) is 4.84. The number of nitrogens with zero attached hydrogens (tertiary/aromatic N) is 3. The largest absolute Gasteiger partial charge is 0.424 e. The van der Waals surface area contributed by atoms with Gasteiger partial charge < -0.3 is 26.5 Å². The van der Waals surface area contributed by atoms with Gasteiger partial charge in [0.1, 0.15) is 23.5 Å². The zero-order valence-corrected chi connectivity index (χ0v) is 14.8. The molecule has 2 aromatic heterocycles. The van der Waals surface area contributed by atoms with Gasteiger partial charge in [0.05, 0.1) is 11.3 Å². The number of hydrogen-bond donors (Lipinski definition) is 5. The highest BCUT2D eigenvalue weighted by Gasteiger charge is 2.19. The molecule has 3 aromatic rings. The van der Waals surface area contributed by atoms with Crippen LogP contribution in [0.4, 0.5) is 17.7 Å². The molecule has 0 bridgehead atoms. The van der Waals surface area contributed by atoms with Crippen molar-refractivity contribution in [1.29, 1.82) is 5.41 Å². The molecule has 0 aliphatic carbocycles. The van der Waals surface area contributed by atoms with Crippen molar-refractivity contribution in [1.82, 2.24) is 20.3 Å². The molecule has 0 saturated carbocycles. The van der Waals surface area contributed by atoms with E-state index in [-0.39, 0.29) is 17.5 Å². The number of aromatic nitrogens is 3. The molecule has 0 radical (unpaired) electrons. The maximum absolute atomic E-state index is 8.66. The average molecular weight is 366 g/mol. The summed E-state index contributed by atoms with van der Waals surface area (Å²) in [6.45, 7) is 2.85. The summed E-state index contributed by atoms with van der Waals surface area (Å²) < 4.78 is 5.29. The third kappa shape index (κ3) is 3.54. The number of fused-ring (bicyclic) bond motifs is 1. The molecule has 1 fully saturated rings. The Morgan fingerprint density at radius 2 is 2.07 bits per heavy atom. The maximum atomic E-state index is 8.66. The Morgan fingerprint density at radius 3 is 2.89 bits per heavy atom. The van der Waals surface area contributed by atoms with E-state index in [1.807, 2.05) is 0 Å². The molecule has 9 heteroatoms. The standard InChI is InChI=1S/C18H22N8O/c19-15(11-1-2-13-12(7-11)26-18(21)27-13)14-16(20)24-9-25-17(14)23-8-10-3-5-22-6-4-10/h1-2,7,9-10,19,22H,3-6,8H2,(H2,21,26)(H3,20,23,24,25). The number of nitrogen functional groups attached to an aromatic ring is 2. The van der Waals surface area contributed by atoms with Crippen LogP contribution in [-0.4, -0.2) is 40.3 Å². The lowest BCUT2D eigenvalue weighted by atomic mass is 9.98. The Kier molecular flexibility index (Phi) is 4.59. The van der Waals surface area contributed by atoms with Gasteiger partial charge >= 0.3 is 0 Å². The first kappa shape index (κ1) is 17.2. The van der Waals surface area contributed by atoms with E-state index in [1.54, 1.807) is 18.2 Å². The summed E-state index contributed by atoms with van der Waals surface area (Å²) in [6, 6.07) is 5.37. The van der Waals surface area contributed by atoms with Crippen LogP contribution in [0.1, 0.15) is 24.0 Å². The summed E-state index contributed by atoms with van der Waals surface area (Å²) >= 11 is 0. The minimum atomic E-state index is 0.0977. The molecule has 0 unspecified atom stereocenters. The van der Waals surface area contributed by atoms with Gasteiger partial charge in [-0.05, 0) is 50.0 Å². The van der Waals surface area contributed by atoms with Crippen molar-refractivity contribution in [3.05, 3.63) is 35.7 Å². The fourth-order valence-corrected chi connectivity index (χ4v) is 3.35. The summed E-state index contributed by atoms with van der Waals surface area (Å²) in [6.07, 6.45) is 3.65. The van der Waals surface area contributed by atoms with E-state index in [2.05, 4.69) is 25.6 Å². The van der Waals surface area contributed by atoms with Gasteiger partial charge in [0.25, 0.3) is 6.01 Å². The zero-order valence-electron chi connectivity index (χ0n) is 14.8. The molecule has 0 atom stereocenters. The number of oxazole rings is 1. The van der Waals surface area contributed by atoms with Gasteiger partial charge in [0, 0.05) is 12.1 Å². The second-order valence-corrected chi connectivity index (χ2v) is 6.67. The number of anilines is 3. The van der Waals surface area contributed by atoms with Crippen LogP contribution in [0, 0.1) is 11.3 Å². The first-order valence-electron chi connectivity index (χ1n) is 8.92. The smallest absolute Gasteiger partial charge is 0.292 e. The molecule has 9 nitrogen and oxygen atoms in total. The quantitative estimate of drug-likeness (QED) is 0.427. The predicted octanol–water partition coefficient (Wildman–Crippen LogP) is 1.61. The fraction of sp³-hybridized carbons (Fsp3) is 0.333. The minimum absolute atomic E-state index is 0.0977. The summed E-state index contributed by atoms with van der Waals surface area (Å²) in [5.74, 6) is 1.41. The van der Waals surface area contributed by atoms with Crippen LogP contribution in [0.25, 0.3) is 11.1 Å². The van der Waals surface area contributed by atoms with Crippen molar-refractivity contribution in [3.63, 3.8) is 0 Å². The number of nitrogens with two attached hydrogens (primary N) is 2. The van der Waals surface area contributed by atoms with E-state index < -0.39 is 0 Å². The van der Waals surface area contributed by atoms with E-state index >= 15 is 0 Å². The van der Waals surface area contributed by atoms with E-state index in [0.717, 1.165) is 32.5 Å². The minimum Gasteiger partial charge on any atom is -0.424 e. The number of rotatable bonds is 5. The summed E-state index contributed by atoms with van der Waals surface area (Å²) in [5, 5.41) is 15.4. The van der Waals surface area contributed by atoms with Crippen LogP contribution in [0.5, 0.6) is 0 Å². The molecule has 140 valence electrons. The molecular weight excluding hydrogens is 344 g/mol. The normalized spacial score (nSPS) is 15.1. The van der Waals surface area contributed by atoms with Crippen molar-refractivity contribution in [2.75, 3.05) is 36.4 Å². The lowest BCUT2D eigenvalue weighted by Gasteiger charge is -2.23. The van der Waals surface area contributed by atoms with Crippen LogP contribution in [0.15, 0.2) is 28.9 Å². The van der Waals surface area contributed by atoms with E-state index in [4.69, 9.17) is 21.3 Å². The van der Waals surface area contributed by atoms with Gasteiger partial charge in [0.2, 0.25) is 0 Å². The Morgan fingerprint density at radius 1 is 1.26 bits per heavy atom. The molecule has 0 spiro atoms. The van der Waals surface area contributed by atoms with Gasteiger partial charge in [-0.3, -0.25) is 5.41 Å². The van der Waals surface area contributed by atoms with Crippen LogP contribution < -0.4 is 22.1 Å². The van der Waals surface area contributed by atoms with Crippen molar-refractivity contribution < 1.29 is 4.42 Å². The molecule has 1 aliphatic rings. The van der Waals surface area contributed by atoms with Gasteiger partial charge in [-0.1, -0.05) is 0 Å². The Balaban J connectivity index is 1.61. The zero-order chi connectivity index (χ0) is 18.8. The Labute approximate surface area is 156 Å². The van der Waals surface area contributed by atoms with Crippen LogP contribution in [0.2, 0.25) is 0 Å². The lowest BCUT2D eigenvalue weighted by Crippen LogP contribution is -2.31. The van der Waals surface area contributed by atoms with Crippen LogP contribution in [0.3, 0.4) is 0 Å². The molecule has 1 saturated heterocycles. The Hall–Kier alpha value is -3.20. The maximum Gasteiger partial charge on any atom is 0.292 e. The van der Waals surface area contributed by atoms with Gasteiger partial charge in [0.15, 0.2) is 5.58 Å². The predicted molar refractivity (Wildman–Crippen MR) is 105 cm³/mol. The van der Waals surface area contributed by atoms with E-state index in [9.17, 15) is 0 Å². The van der Waals surface area contributed by atoms with Crippen molar-refractivity contribution in [3.8, 4) is 0 Å². The topological polar surface area (TPSA) is 152 Å². The highest BCUT2D eigenvalue weighted by Crippen LogP contribution is 2.25. The lowest BCUT2D eigenvalue weighted by molar-refractivity contribution is 0.389. The number of nitrogens with one attached hydrogen (secondary N) is 3. The van der Waals surface area contributed by atoms with Crippen molar-refractivity contribution in [2.45, 2.75) is 12.8 Å². The second kappa shape index (κ2) is 7.20. The van der Waals surface area contributed by atoms with Crippen LogP contribution >= 0.6 is 0 Å². The molecule has 27 heavy (non-hydrogen) atoms. The molecule has 1 aromatic carbocycles. The van der Waals surface area contributed by atoms with Crippen LogP contribution in [-0.2, 0) is 0 Å². The fourth-order valence-electron chi connectivity index (χ4n) is 3.35. The molecular formula is C18H22N8O. The molecule has 0 amide bonds. The van der Waals surface area contributed by atoms with E-state index in [0.29, 0.717) is 34.0 Å². The van der Waals surface area contributed by atoms with Crippen molar-refractivity contribution >= 4 is 34.5 Å². The monoisotopic (exact) mass is 366 g/mol. The van der Waals surface area contributed by atoms with Gasteiger partial charge in [-0.15, -0.1) is 0 Å². The highest BCUT2D eigenvalue weighted by molar-refractivity contribution is 6.17. The SMILES string of the molecule is N=C(c1ccc2oc(N)nc2c1)c1c(N)ncnc1NCC1CCNCC1. The average Bonchev–Trinajstić information content (AvgIpc) is 3.06. The molecule has 1 aliphatic heterocycles. The Bertz CT molecular complexity index is 977. The number of hydrogen-bond acceptors (Lipinski definition) is 9. The van der Waals surface area contributed by atoms with Gasteiger partial charge in [-0.25, -0.2) is 9.97 Å². The first-order valence-corrected chi connectivity index (χ1v) is 8.92. The number of piperidine rings is 1. The molecule has 4 rings (SSSR count). The summed E-state index contributed by atoms with van der Waals surface area (Å²) in [4.78, 5) is 12.5. The first-order chi connectivity index (χ1) is 13.1. The van der Waals surface area contributed by atoms with Gasteiger partial charge in [-0.2, -0.15) is 4.98 Å². The van der Waals surface area contributed by atoms with E-state index in [1.165, 1.54) is 6.33 Å². The molecule has 7 N–H and O–H groups in total. The highest BCUT2D eigenvalue weighted by atomic mass is 16.4.